The van der Waals surface area contributed by atoms with Crippen LogP contribution in [0.25, 0.3) is 0 Å². The van der Waals surface area contributed by atoms with Gasteiger partial charge in [0, 0.05) is 63.8 Å². The molecule has 3 saturated heterocycles. The Bertz CT molecular complexity index is 839. The van der Waals surface area contributed by atoms with Gasteiger partial charge < -0.3 is 19.4 Å². The Labute approximate surface area is 181 Å². The van der Waals surface area contributed by atoms with E-state index in [2.05, 4.69) is 21.7 Å². The van der Waals surface area contributed by atoms with Crippen LogP contribution < -0.4 is 9.80 Å². The van der Waals surface area contributed by atoms with Crippen molar-refractivity contribution in [3.05, 3.63) is 11.3 Å². The average molecular weight is 437 g/mol. The summed E-state index contributed by atoms with van der Waals surface area (Å²) in [5.74, 6) is -1.66. The summed E-state index contributed by atoms with van der Waals surface area (Å²) in [6.45, 7) is 8.52. The molecule has 3 fully saturated rings. The van der Waals surface area contributed by atoms with Crippen LogP contribution in [0.15, 0.2) is 0 Å². The number of aromatic nitrogens is 2. The molecule has 1 aliphatic carbocycles. The maximum atomic E-state index is 14.5. The number of hydrogen-bond acceptors (Lipinski definition) is 7. The lowest BCUT2D eigenvalue weighted by Gasteiger charge is -2.40. The largest absolute Gasteiger partial charge is 0.378 e. The van der Waals surface area contributed by atoms with E-state index in [1.54, 1.807) is 0 Å². The van der Waals surface area contributed by atoms with Crippen LogP contribution in [0.4, 0.5) is 20.5 Å². The molecule has 0 bridgehead atoms. The summed E-state index contributed by atoms with van der Waals surface area (Å²) in [6.07, 6.45) is 1.14. The normalized spacial score (nSPS) is 26.0. The minimum absolute atomic E-state index is 0.0866. The lowest BCUT2D eigenvalue weighted by molar-refractivity contribution is -0.136. The molecular formula is C21H30F2N6O2. The molecule has 4 heterocycles. The second-order valence-electron chi connectivity index (χ2n) is 8.97. The van der Waals surface area contributed by atoms with E-state index in [0.29, 0.717) is 82.8 Å². The molecule has 4 aliphatic rings. The number of rotatable bonds is 4. The topological polar surface area (TPSA) is 65.0 Å². The molecule has 10 heteroatoms. The van der Waals surface area contributed by atoms with Gasteiger partial charge in [-0.15, -0.1) is 0 Å². The third-order valence-corrected chi connectivity index (χ3v) is 6.98. The summed E-state index contributed by atoms with van der Waals surface area (Å²) >= 11 is 0. The van der Waals surface area contributed by atoms with Crippen LogP contribution in [0.2, 0.25) is 0 Å². The van der Waals surface area contributed by atoms with E-state index < -0.39 is 5.92 Å². The van der Waals surface area contributed by atoms with Gasteiger partial charge in [0.05, 0.1) is 19.8 Å². The molecule has 0 spiro atoms. The number of morpholine rings is 1. The molecule has 1 aromatic heterocycles. The molecule has 0 saturated carbocycles. The highest BCUT2D eigenvalue weighted by molar-refractivity contribution is 5.78. The van der Waals surface area contributed by atoms with Crippen LogP contribution in [0, 0.1) is 0 Å². The number of fused-ring (bicyclic) bond motifs is 1. The van der Waals surface area contributed by atoms with E-state index >= 15 is 0 Å². The van der Waals surface area contributed by atoms with Crippen LogP contribution in [-0.2, 0) is 21.9 Å². The molecule has 3 aliphatic heterocycles. The summed E-state index contributed by atoms with van der Waals surface area (Å²) in [6, 6.07) is 0.281. The third-order valence-electron chi connectivity index (χ3n) is 6.98. The molecule has 1 amide bonds. The molecule has 31 heavy (non-hydrogen) atoms. The van der Waals surface area contributed by atoms with Gasteiger partial charge in [-0.2, -0.15) is 13.8 Å². The number of nitrogens with zero attached hydrogens (tertiary/aromatic N) is 6. The molecule has 5 rings (SSSR count). The predicted molar refractivity (Wildman–Crippen MR) is 112 cm³/mol. The molecule has 0 radical (unpaired) electrons. The molecule has 1 unspecified atom stereocenters. The lowest BCUT2D eigenvalue weighted by atomic mass is 10.1. The van der Waals surface area contributed by atoms with Crippen molar-refractivity contribution in [1.29, 1.82) is 0 Å². The Kier molecular flexibility index (Phi) is 5.45. The first-order valence-electron chi connectivity index (χ1n) is 11.3. The molecule has 1 aromatic rings. The molecule has 1 atom stereocenters. The SMILES string of the molecule is CC1CCN1c1nc(N2CCN(CC(=O)N3CCOCC3)CC2)c2c(n1)C(F)(F)CC2. The number of halogens is 2. The van der Waals surface area contributed by atoms with Crippen LogP contribution in [-0.4, -0.2) is 97.3 Å². The fourth-order valence-electron chi connectivity index (χ4n) is 4.82. The predicted octanol–water partition coefficient (Wildman–Crippen LogP) is 1.09. The fraction of sp³-hybridized carbons (Fsp3) is 0.762. The first-order chi connectivity index (χ1) is 14.9. The molecular weight excluding hydrogens is 406 g/mol. The van der Waals surface area contributed by atoms with E-state index in [9.17, 15) is 13.6 Å². The van der Waals surface area contributed by atoms with Gasteiger partial charge in [0.15, 0.2) is 0 Å². The highest BCUT2D eigenvalue weighted by atomic mass is 19.3. The van der Waals surface area contributed by atoms with E-state index in [1.807, 2.05) is 9.80 Å². The van der Waals surface area contributed by atoms with Crippen LogP contribution in [0.5, 0.6) is 0 Å². The van der Waals surface area contributed by atoms with Crippen molar-refractivity contribution >= 4 is 17.7 Å². The van der Waals surface area contributed by atoms with Crippen molar-refractivity contribution < 1.29 is 18.3 Å². The van der Waals surface area contributed by atoms with Crippen LogP contribution >= 0.6 is 0 Å². The number of hydrogen-bond donors (Lipinski definition) is 0. The number of carbonyl (C=O) groups is 1. The zero-order chi connectivity index (χ0) is 21.6. The Morgan fingerprint density at radius 2 is 1.84 bits per heavy atom. The highest BCUT2D eigenvalue weighted by Crippen LogP contribution is 2.44. The minimum atomic E-state index is -2.89. The number of anilines is 2. The van der Waals surface area contributed by atoms with Gasteiger partial charge in [-0.25, -0.2) is 4.98 Å². The summed E-state index contributed by atoms with van der Waals surface area (Å²) < 4.78 is 34.4. The third kappa shape index (κ3) is 3.95. The molecule has 8 nitrogen and oxygen atoms in total. The summed E-state index contributed by atoms with van der Waals surface area (Å²) in [4.78, 5) is 29.7. The van der Waals surface area contributed by atoms with Gasteiger partial charge in [0.25, 0.3) is 5.92 Å². The fourth-order valence-corrected chi connectivity index (χ4v) is 4.82. The standard InChI is InChI=1S/C21H30F2N6O2/c1-15-3-5-29(15)20-24-18-16(2-4-21(18,22)23)19(25-20)28-8-6-26(7-9-28)14-17(30)27-10-12-31-13-11-27/h15H,2-14H2,1H3. The summed E-state index contributed by atoms with van der Waals surface area (Å²) in [5.41, 5.74) is 0.510. The van der Waals surface area contributed by atoms with Crippen LogP contribution in [0.1, 0.15) is 31.0 Å². The van der Waals surface area contributed by atoms with E-state index in [4.69, 9.17) is 9.72 Å². The smallest absolute Gasteiger partial charge is 0.290 e. The first kappa shape index (κ1) is 20.8. The molecule has 0 aromatic carbocycles. The Hall–Kier alpha value is -2.07. The molecule has 0 N–H and O–H groups in total. The zero-order valence-electron chi connectivity index (χ0n) is 18.0. The second-order valence-corrected chi connectivity index (χ2v) is 8.97. The van der Waals surface area contributed by atoms with Crippen molar-refractivity contribution in [2.24, 2.45) is 0 Å². The number of alkyl halides is 2. The van der Waals surface area contributed by atoms with Gasteiger partial charge in [0.2, 0.25) is 11.9 Å². The summed E-state index contributed by atoms with van der Waals surface area (Å²) in [7, 11) is 0. The quantitative estimate of drug-likeness (QED) is 0.700. The zero-order valence-corrected chi connectivity index (χ0v) is 18.0. The van der Waals surface area contributed by atoms with Crippen molar-refractivity contribution in [2.45, 2.75) is 38.2 Å². The Morgan fingerprint density at radius 3 is 2.48 bits per heavy atom. The van der Waals surface area contributed by atoms with Crippen molar-refractivity contribution in [2.75, 3.05) is 75.4 Å². The monoisotopic (exact) mass is 436 g/mol. The maximum absolute atomic E-state index is 14.5. The Morgan fingerprint density at radius 1 is 1.10 bits per heavy atom. The lowest BCUT2D eigenvalue weighted by Crippen LogP contribution is -2.52. The number of ether oxygens (including phenoxy) is 1. The molecule has 170 valence electrons. The Balaban J connectivity index is 1.29. The minimum Gasteiger partial charge on any atom is -0.378 e. The van der Waals surface area contributed by atoms with E-state index in [0.717, 1.165) is 13.0 Å². The van der Waals surface area contributed by atoms with E-state index in [-0.39, 0.29) is 24.1 Å². The van der Waals surface area contributed by atoms with Gasteiger partial charge in [0.1, 0.15) is 11.5 Å². The van der Waals surface area contributed by atoms with Crippen molar-refractivity contribution in [1.82, 2.24) is 19.8 Å². The van der Waals surface area contributed by atoms with Gasteiger partial charge in [-0.3, -0.25) is 9.69 Å². The van der Waals surface area contributed by atoms with Gasteiger partial charge >= 0.3 is 0 Å². The van der Waals surface area contributed by atoms with Crippen molar-refractivity contribution in [3.63, 3.8) is 0 Å². The summed E-state index contributed by atoms with van der Waals surface area (Å²) in [5, 5.41) is 0. The van der Waals surface area contributed by atoms with Gasteiger partial charge in [-0.1, -0.05) is 0 Å². The first-order valence-corrected chi connectivity index (χ1v) is 11.3. The number of amides is 1. The number of carbonyl (C=O) groups excluding carboxylic acids is 1. The second kappa shape index (κ2) is 8.12. The highest BCUT2D eigenvalue weighted by Gasteiger charge is 2.45. The van der Waals surface area contributed by atoms with Crippen LogP contribution in [0.3, 0.4) is 0 Å². The average Bonchev–Trinajstić information content (AvgIpc) is 3.08. The van der Waals surface area contributed by atoms with Crippen molar-refractivity contribution in [3.8, 4) is 0 Å². The number of piperazine rings is 1. The van der Waals surface area contributed by atoms with E-state index in [1.165, 1.54) is 0 Å². The maximum Gasteiger partial charge on any atom is 0.290 e. The van der Waals surface area contributed by atoms with Gasteiger partial charge in [-0.05, 0) is 19.8 Å².